The number of carbonyl (C=O) groups is 1. The smallest absolute Gasteiger partial charge is 0.227 e. The lowest BCUT2D eigenvalue weighted by Gasteiger charge is -2.40. The zero-order chi connectivity index (χ0) is 17.2. The van der Waals surface area contributed by atoms with Crippen molar-refractivity contribution >= 4 is 11.9 Å². The van der Waals surface area contributed by atoms with Gasteiger partial charge in [-0.05, 0) is 40.8 Å². The third-order valence-corrected chi connectivity index (χ3v) is 4.28. The van der Waals surface area contributed by atoms with Gasteiger partial charge in [0.15, 0.2) is 0 Å². The number of amides is 1. The summed E-state index contributed by atoms with van der Waals surface area (Å²) in [4.78, 5) is 24.6. The molecule has 128 valence electrons. The molecule has 0 radical (unpaired) electrons. The topological polar surface area (TPSA) is 95.6 Å². The van der Waals surface area contributed by atoms with E-state index < -0.39 is 5.60 Å². The Balaban J connectivity index is 2.09. The molecular weight excluding hydrogens is 294 g/mol. The second-order valence-corrected chi connectivity index (χ2v) is 6.79. The Kier molecular flexibility index (Phi) is 5.21. The summed E-state index contributed by atoms with van der Waals surface area (Å²) in [6.07, 6.45) is 1.78. The van der Waals surface area contributed by atoms with Gasteiger partial charge in [-0.3, -0.25) is 4.79 Å². The minimum atomic E-state index is -0.834. The van der Waals surface area contributed by atoms with Gasteiger partial charge in [-0.1, -0.05) is 0 Å². The number of hydrogen-bond donors (Lipinski definition) is 2. The average Bonchev–Trinajstić information content (AvgIpc) is 2.41. The third kappa shape index (κ3) is 4.39. The van der Waals surface area contributed by atoms with Gasteiger partial charge >= 0.3 is 0 Å². The Labute approximate surface area is 137 Å². The van der Waals surface area contributed by atoms with E-state index in [1.165, 1.54) is 0 Å². The largest absolute Gasteiger partial charge is 0.387 e. The van der Waals surface area contributed by atoms with Crippen LogP contribution in [-0.2, 0) is 11.2 Å². The molecule has 1 aliphatic rings. The molecule has 3 N–H and O–H groups in total. The number of β-amino-alcohol motifs (C(OH)–C–C–N with tert-alkyl or cyclic N) is 1. The van der Waals surface area contributed by atoms with Gasteiger partial charge in [0, 0.05) is 30.0 Å². The minimum absolute atomic E-state index is 0.00134. The molecule has 1 fully saturated rings. The van der Waals surface area contributed by atoms with Gasteiger partial charge < -0.3 is 20.6 Å². The zero-order valence-electron chi connectivity index (χ0n) is 14.5. The van der Waals surface area contributed by atoms with E-state index in [0.29, 0.717) is 19.6 Å². The predicted molar refractivity (Wildman–Crippen MR) is 88.9 cm³/mol. The molecule has 2 rings (SSSR count). The maximum absolute atomic E-state index is 12.6. The normalized spacial score (nSPS) is 21.7. The number of nitrogens with two attached hydrogens (primary N) is 1. The summed E-state index contributed by atoms with van der Waals surface area (Å²) in [7, 11) is 3.86. The molecule has 1 saturated heterocycles. The van der Waals surface area contributed by atoms with Crippen LogP contribution in [0.4, 0.5) is 5.95 Å². The van der Waals surface area contributed by atoms with E-state index in [1.54, 1.807) is 4.90 Å². The summed E-state index contributed by atoms with van der Waals surface area (Å²) in [5.41, 5.74) is 7.10. The second-order valence-electron chi connectivity index (χ2n) is 6.79. The van der Waals surface area contributed by atoms with Gasteiger partial charge in [-0.2, -0.15) is 0 Å². The Morgan fingerprint density at radius 2 is 1.96 bits per heavy atom. The van der Waals surface area contributed by atoms with E-state index in [4.69, 9.17) is 5.73 Å². The number of anilines is 1. The van der Waals surface area contributed by atoms with Crippen LogP contribution in [-0.4, -0.2) is 70.1 Å². The van der Waals surface area contributed by atoms with Crippen molar-refractivity contribution in [3.05, 3.63) is 17.0 Å². The van der Waals surface area contributed by atoms with Gasteiger partial charge in [0.05, 0.1) is 18.6 Å². The standard InChI is InChI=1S/C16H27N5O2/c1-11-13(12(2)19-15(17)18-11)8-14(22)21-7-5-6-16(23,10-21)9-20(3)4/h23H,5-10H2,1-4H3,(H2,17,18,19)/t16-/m1/s1. The molecule has 1 aliphatic heterocycles. The minimum Gasteiger partial charge on any atom is -0.387 e. The van der Waals surface area contributed by atoms with Crippen LogP contribution in [0.3, 0.4) is 0 Å². The lowest BCUT2D eigenvalue weighted by Crippen LogP contribution is -2.55. The molecule has 2 heterocycles. The first-order valence-electron chi connectivity index (χ1n) is 7.95. The fraction of sp³-hybridized carbons (Fsp3) is 0.688. The lowest BCUT2D eigenvalue weighted by molar-refractivity contribution is -0.138. The Bertz CT molecular complexity index is 567. The molecule has 1 atom stereocenters. The highest BCUT2D eigenvalue weighted by Crippen LogP contribution is 2.23. The number of likely N-dealkylation sites (tertiary alicyclic amines) is 1. The molecule has 0 aromatic carbocycles. The van der Waals surface area contributed by atoms with Crippen LogP contribution in [0.1, 0.15) is 29.8 Å². The molecule has 23 heavy (non-hydrogen) atoms. The van der Waals surface area contributed by atoms with Crippen molar-refractivity contribution in [1.82, 2.24) is 19.8 Å². The van der Waals surface area contributed by atoms with E-state index in [2.05, 4.69) is 9.97 Å². The van der Waals surface area contributed by atoms with Crippen LogP contribution in [0, 0.1) is 13.8 Å². The monoisotopic (exact) mass is 321 g/mol. The SMILES string of the molecule is Cc1nc(N)nc(C)c1CC(=O)N1CCC[C@@](O)(CN(C)C)C1. The number of nitrogens with zero attached hydrogens (tertiary/aromatic N) is 4. The highest BCUT2D eigenvalue weighted by molar-refractivity contribution is 5.79. The van der Waals surface area contributed by atoms with Crippen LogP contribution in [0.15, 0.2) is 0 Å². The van der Waals surface area contributed by atoms with Crippen molar-refractivity contribution in [2.75, 3.05) is 39.5 Å². The van der Waals surface area contributed by atoms with E-state index in [1.807, 2.05) is 32.8 Å². The number of carbonyl (C=O) groups excluding carboxylic acids is 1. The number of nitrogen functional groups attached to an aromatic ring is 1. The van der Waals surface area contributed by atoms with Crippen molar-refractivity contribution in [3.63, 3.8) is 0 Å². The third-order valence-electron chi connectivity index (χ3n) is 4.28. The Hall–Kier alpha value is -1.73. The molecule has 1 aromatic heterocycles. The molecule has 0 unspecified atom stereocenters. The summed E-state index contributed by atoms with van der Waals surface area (Å²) < 4.78 is 0. The van der Waals surface area contributed by atoms with Gasteiger partial charge in [0.2, 0.25) is 11.9 Å². The average molecular weight is 321 g/mol. The molecule has 0 spiro atoms. The molecule has 0 bridgehead atoms. The van der Waals surface area contributed by atoms with E-state index >= 15 is 0 Å². The van der Waals surface area contributed by atoms with Crippen molar-refractivity contribution in [2.45, 2.75) is 38.7 Å². The van der Waals surface area contributed by atoms with Gasteiger partial charge in [0.25, 0.3) is 0 Å². The lowest BCUT2D eigenvalue weighted by atomic mass is 9.92. The van der Waals surface area contributed by atoms with Gasteiger partial charge in [-0.15, -0.1) is 0 Å². The van der Waals surface area contributed by atoms with Crippen molar-refractivity contribution in [1.29, 1.82) is 0 Å². The second kappa shape index (κ2) is 6.80. The van der Waals surface area contributed by atoms with E-state index in [9.17, 15) is 9.90 Å². The molecule has 7 nitrogen and oxygen atoms in total. The number of aliphatic hydroxyl groups is 1. The fourth-order valence-electron chi connectivity index (χ4n) is 3.33. The first-order chi connectivity index (χ1) is 10.7. The van der Waals surface area contributed by atoms with E-state index in [-0.39, 0.29) is 18.3 Å². The highest BCUT2D eigenvalue weighted by Gasteiger charge is 2.35. The Morgan fingerprint density at radius 1 is 1.35 bits per heavy atom. The molecular formula is C16H27N5O2. The quantitative estimate of drug-likeness (QED) is 0.818. The maximum atomic E-state index is 12.6. The number of rotatable bonds is 4. The van der Waals surface area contributed by atoms with Gasteiger partial charge in [-0.25, -0.2) is 9.97 Å². The predicted octanol–water partition coefficient (Wildman–Crippen LogP) is 0.133. The number of hydrogen-bond acceptors (Lipinski definition) is 6. The highest BCUT2D eigenvalue weighted by atomic mass is 16.3. The fourth-order valence-corrected chi connectivity index (χ4v) is 3.33. The van der Waals surface area contributed by atoms with E-state index in [0.717, 1.165) is 29.8 Å². The molecule has 0 aliphatic carbocycles. The first kappa shape index (κ1) is 17.6. The van der Waals surface area contributed by atoms with Crippen molar-refractivity contribution in [3.8, 4) is 0 Å². The van der Waals surface area contributed by atoms with Crippen LogP contribution < -0.4 is 5.73 Å². The number of aromatic nitrogens is 2. The summed E-state index contributed by atoms with van der Waals surface area (Å²) in [6, 6.07) is 0. The molecule has 7 heteroatoms. The molecule has 0 saturated carbocycles. The van der Waals surface area contributed by atoms with Crippen molar-refractivity contribution in [2.24, 2.45) is 0 Å². The first-order valence-corrected chi connectivity index (χ1v) is 7.95. The maximum Gasteiger partial charge on any atom is 0.227 e. The van der Waals surface area contributed by atoms with Crippen LogP contribution in [0.2, 0.25) is 0 Å². The summed E-state index contributed by atoms with van der Waals surface area (Å²) in [6.45, 7) is 5.29. The summed E-state index contributed by atoms with van der Waals surface area (Å²) in [5.74, 6) is 0.232. The van der Waals surface area contributed by atoms with Crippen LogP contribution in [0.5, 0.6) is 0 Å². The van der Waals surface area contributed by atoms with Crippen LogP contribution in [0.25, 0.3) is 0 Å². The molecule has 1 amide bonds. The summed E-state index contributed by atoms with van der Waals surface area (Å²) >= 11 is 0. The Morgan fingerprint density at radius 3 is 2.52 bits per heavy atom. The number of aryl methyl sites for hydroxylation is 2. The number of piperidine rings is 1. The number of likely N-dealkylation sites (N-methyl/N-ethyl adjacent to an activating group) is 1. The zero-order valence-corrected chi connectivity index (χ0v) is 14.5. The van der Waals surface area contributed by atoms with Crippen molar-refractivity contribution < 1.29 is 9.90 Å². The van der Waals surface area contributed by atoms with Crippen LogP contribution >= 0.6 is 0 Å². The molecule has 1 aromatic rings. The summed E-state index contributed by atoms with van der Waals surface area (Å²) in [5, 5.41) is 10.7. The van der Waals surface area contributed by atoms with Gasteiger partial charge in [0.1, 0.15) is 0 Å².